The number of hydrogen-bond donors (Lipinski definition) is 0. The molecule has 0 bridgehead atoms. The Kier molecular flexibility index (Phi) is 11.7. The molecule has 0 unspecified atom stereocenters. The van der Waals surface area contributed by atoms with E-state index >= 15 is 0 Å². The molecule has 2 heterocycles. The van der Waals surface area contributed by atoms with Crippen LogP contribution in [0.25, 0.3) is 16.5 Å². The number of carbonyl (C=O) groups is 3. The highest BCUT2D eigenvalue weighted by molar-refractivity contribution is 7.10. The Morgan fingerprint density at radius 2 is 2.00 bits per heavy atom. The van der Waals surface area contributed by atoms with Crippen LogP contribution in [0, 0.1) is 0 Å². The van der Waals surface area contributed by atoms with Gasteiger partial charge in [-0.2, -0.15) is 11.3 Å². The van der Waals surface area contributed by atoms with Gasteiger partial charge in [-0.15, -0.1) is 11.3 Å². The largest absolute Gasteiger partial charge is 0.466 e. The zero-order valence-corrected chi connectivity index (χ0v) is 17.7. The minimum absolute atomic E-state index is 0.175. The maximum atomic E-state index is 11.3. The van der Waals surface area contributed by atoms with E-state index in [1.165, 1.54) is 21.8 Å². The van der Waals surface area contributed by atoms with Crippen LogP contribution in [-0.2, 0) is 25.5 Å². The fraction of sp³-hybridized carbons (Fsp3) is 0.316. The van der Waals surface area contributed by atoms with Crippen molar-refractivity contribution in [1.29, 1.82) is 0 Å². The summed E-state index contributed by atoms with van der Waals surface area (Å²) < 4.78 is 9.36. The Morgan fingerprint density at radius 1 is 1.24 bits per heavy atom. The number of carbonyl (C=O) groups excluding carboxylic acids is 3. The molecule has 0 N–H and O–H groups in total. The highest BCUT2D eigenvalue weighted by atomic mass is 32.1. The maximum absolute atomic E-state index is 11.3. The zero-order chi connectivity index (χ0) is 21.5. The van der Waals surface area contributed by atoms with E-state index in [-0.39, 0.29) is 12.5 Å². The van der Waals surface area contributed by atoms with Crippen LogP contribution in [0.4, 0.5) is 0 Å². The lowest BCUT2D eigenvalue weighted by atomic mass is 10.2. The zero-order valence-electron chi connectivity index (χ0n) is 16.1. The number of ether oxygens (including phenoxy) is 2. The number of hydrogen-bond acceptors (Lipinski definition) is 8. The van der Waals surface area contributed by atoms with E-state index < -0.39 is 5.97 Å². The maximum Gasteiger partial charge on any atom is 0.334 e. The van der Waals surface area contributed by atoms with Crippen molar-refractivity contribution in [2.75, 3.05) is 19.8 Å². The molecule has 2 aromatic rings. The van der Waals surface area contributed by atoms with Gasteiger partial charge < -0.3 is 9.47 Å². The summed E-state index contributed by atoms with van der Waals surface area (Å²) in [5, 5.41) is 8.73. The van der Waals surface area contributed by atoms with Gasteiger partial charge in [0.2, 0.25) is 0 Å². The monoisotopic (exact) mass is 435 g/mol. The Bertz CT molecular complexity index is 868. The van der Waals surface area contributed by atoms with Gasteiger partial charge in [0.15, 0.2) is 6.29 Å². The topological polar surface area (TPSA) is 118 Å². The third-order valence-electron chi connectivity index (χ3n) is 3.25. The van der Waals surface area contributed by atoms with Gasteiger partial charge in [0.05, 0.1) is 13.2 Å². The van der Waals surface area contributed by atoms with Gasteiger partial charge in [0.25, 0.3) is 0 Å². The molecular formula is C19H21N3O5S2. The lowest BCUT2D eigenvalue weighted by Crippen LogP contribution is -2.06. The van der Waals surface area contributed by atoms with E-state index in [1.54, 1.807) is 24.3 Å². The van der Waals surface area contributed by atoms with Gasteiger partial charge in [-0.1, -0.05) is 5.11 Å². The summed E-state index contributed by atoms with van der Waals surface area (Å²) in [6, 6.07) is 3.82. The normalized spacial score (nSPS) is 10.6. The van der Waals surface area contributed by atoms with Crippen LogP contribution in [0.2, 0.25) is 0 Å². The van der Waals surface area contributed by atoms with Crippen LogP contribution in [-0.4, -0.2) is 38.0 Å². The molecule has 10 heteroatoms. The lowest BCUT2D eigenvalue weighted by molar-refractivity contribution is -0.141. The summed E-state index contributed by atoms with van der Waals surface area (Å²) in [5.41, 5.74) is 10.5. The quantitative estimate of drug-likeness (QED) is 0.215. The van der Waals surface area contributed by atoms with Crippen molar-refractivity contribution in [3.8, 4) is 0 Å². The second kappa shape index (κ2) is 14.1. The van der Waals surface area contributed by atoms with Gasteiger partial charge in [-0.25, -0.2) is 4.79 Å². The molecule has 0 saturated carbocycles. The first-order valence-corrected chi connectivity index (χ1v) is 10.5. The van der Waals surface area contributed by atoms with E-state index in [0.717, 1.165) is 23.8 Å². The van der Waals surface area contributed by atoms with Gasteiger partial charge in [-0.3, -0.25) is 9.59 Å². The minimum atomic E-state index is -0.490. The fourth-order valence-electron chi connectivity index (χ4n) is 2.03. The van der Waals surface area contributed by atoms with Crippen molar-refractivity contribution in [1.82, 2.24) is 0 Å². The van der Waals surface area contributed by atoms with Crippen LogP contribution in [0.3, 0.4) is 0 Å². The van der Waals surface area contributed by atoms with Crippen LogP contribution in [0.5, 0.6) is 0 Å². The van der Waals surface area contributed by atoms with Crippen molar-refractivity contribution in [2.24, 2.45) is 5.11 Å². The van der Waals surface area contributed by atoms with Crippen LogP contribution in [0.15, 0.2) is 39.0 Å². The van der Waals surface area contributed by atoms with Crippen LogP contribution in [0.1, 0.15) is 34.6 Å². The molecule has 8 nitrogen and oxygen atoms in total. The summed E-state index contributed by atoms with van der Waals surface area (Å²) in [7, 11) is 0. The lowest BCUT2D eigenvalue weighted by Gasteiger charge is -2.00. The van der Waals surface area contributed by atoms with Gasteiger partial charge in [0.1, 0.15) is 6.54 Å². The van der Waals surface area contributed by atoms with Crippen molar-refractivity contribution < 1.29 is 23.9 Å². The Balaban J connectivity index is 0.000000231. The second-order valence-corrected chi connectivity index (χ2v) is 7.02. The van der Waals surface area contributed by atoms with Crippen molar-refractivity contribution >= 4 is 47.0 Å². The Morgan fingerprint density at radius 3 is 2.52 bits per heavy atom. The summed E-state index contributed by atoms with van der Waals surface area (Å²) in [6.07, 6.45) is 3.51. The molecule has 0 saturated heterocycles. The predicted molar refractivity (Wildman–Crippen MR) is 113 cm³/mol. The number of aldehydes is 1. The van der Waals surface area contributed by atoms with E-state index in [4.69, 9.17) is 10.3 Å². The van der Waals surface area contributed by atoms with Gasteiger partial charge in [0, 0.05) is 32.7 Å². The third-order valence-corrected chi connectivity index (χ3v) is 4.88. The van der Waals surface area contributed by atoms with E-state index in [9.17, 15) is 14.4 Å². The molecule has 29 heavy (non-hydrogen) atoms. The SMILES string of the molecule is CCOC(=O)C1=Cc2ccsc2C1.CCOC(=O)CN=[N+]=[N-].O=Cc1ccsc1. The average Bonchev–Trinajstić information content (AvgIpc) is 3.44. The first kappa shape index (κ1) is 24.1. The second-order valence-electron chi connectivity index (χ2n) is 5.23. The first-order valence-electron chi connectivity index (χ1n) is 8.63. The third kappa shape index (κ3) is 9.20. The Hall–Kier alpha value is -2.94. The summed E-state index contributed by atoms with van der Waals surface area (Å²) in [4.78, 5) is 35.2. The molecule has 1 aliphatic rings. The van der Waals surface area contributed by atoms with E-state index in [1.807, 2.05) is 35.2 Å². The number of nitrogens with zero attached hydrogens (tertiary/aromatic N) is 3. The summed E-state index contributed by atoms with van der Waals surface area (Å²) in [6.45, 7) is 4.06. The smallest absolute Gasteiger partial charge is 0.334 e. The molecule has 0 radical (unpaired) electrons. The van der Waals surface area contributed by atoms with Crippen LogP contribution < -0.4 is 0 Å². The number of thiophene rings is 2. The van der Waals surface area contributed by atoms with Gasteiger partial charge in [-0.05, 0) is 53.9 Å². The van der Waals surface area contributed by atoms with E-state index in [0.29, 0.717) is 13.2 Å². The van der Waals surface area contributed by atoms with E-state index in [2.05, 4.69) is 14.8 Å². The van der Waals surface area contributed by atoms with Crippen LogP contribution >= 0.6 is 22.7 Å². The molecular weight excluding hydrogens is 414 g/mol. The number of esters is 2. The minimum Gasteiger partial charge on any atom is -0.466 e. The molecule has 154 valence electrons. The highest BCUT2D eigenvalue weighted by Crippen LogP contribution is 2.29. The molecule has 1 aliphatic carbocycles. The average molecular weight is 436 g/mol. The number of rotatable bonds is 6. The first-order chi connectivity index (χ1) is 14.0. The van der Waals surface area contributed by atoms with Crippen molar-refractivity contribution in [2.45, 2.75) is 20.3 Å². The number of fused-ring (bicyclic) bond motifs is 1. The summed E-state index contributed by atoms with van der Waals surface area (Å²) in [5.74, 6) is -0.666. The van der Waals surface area contributed by atoms with Crippen molar-refractivity contribution in [3.05, 3.63) is 60.3 Å². The fourth-order valence-corrected chi connectivity index (χ4v) is 3.51. The van der Waals surface area contributed by atoms with Gasteiger partial charge >= 0.3 is 11.9 Å². The molecule has 0 amide bonds. The number of azide groups is 1. The predicted octanol–water partition coefficient (Wildman–Crippen LogP) is 4.67. The highest BCUT2D eigenvalue weighted by Gasteiger charge is 2.19. The molecule has 0 atom stereocenters. The van der Waals surface area contributed by atoms with Crippen molar-refractivity contribution in [3.63, 3.8) is 0 Å². The molecule has 3 rings (SSSR count). The molecule has 0 spiro atoms. The summed E-state index contributed by atoms with van der Waals surface area (Å²) >= 11 is 3.22. The standard InChI is InChI=1S/C10H10O2S.C5H4OS.C4H7N3O2/c1-2-12-10(11)8-5-7-3-4-13-9(7)6-8;6-3-5-1-2-7-4-5;1-2-9-4(8)3-6-7-5/h3-5H,2,6H2,1H3;1-4H;2-3H2,1H3. The Labute approximate surface area is 176 Å². The molecule has 2 aromatic heterocycles. The molecule has 0 aromatic carbocycles. The molecule has 0 fully saturated rings. The molecule has 0 aliphatic heterocycles.